The minimum absolute atomic E-state index is 0.00370. The van der Waals surface area contributed by atoms with E-state index in [1.54, 1.807) is 11.8 Å². The van der Waals surface area contributed by atoms with E-state index in [-0.39, 0.29) is 11.9 Å². The Morgan fingerprint density at radius 3 is 2.47 bits per heavy atom. The van der Waals surface area contributed by atoms with Gasteiger partial charge >= 0.3 is 0 Å². The minimum atomic E-state index is -0.414. The molecule has 1 unspecified atom stereocenters. The predicted octanol–water partition coefficient (Wildman–Crippen LogP) is 2.32. The first-order valence-electron chi connectivity index (χ1n) is 5.78. The summed E-state index contributed by atoms with van der Waals surface area (Å²) in [6, 6.07) is 7.77. The van der Waals surface area contributed by atoms with Crippen molar-refractivity contribution in [2.24, 2.45) is 5.73 Å². The van der Waals surface area contributed by atoms with E-state index < -0.39 is 6.04 Å². The standard InChI is InChI=1S/C13H20N2OS/c1-4-12(14)13(16)15-9(2)10-5-7-11(17-3)8-6-10/h5-9,12H,4,14H2,1-3H3,(H,15,16)/t9?,12-/m0/s1. The quantitative estimate of drug-likeness (QED) is 0.791. The summed E-state index contributed by atoms with van der Waals surface area (Å²) in [5.41, 5.74) is 6.77. The maximum atomic E-state index is 11.6. The van der Waals surface area contributed by atoms with Gasteiger partial charge in [0.1, 0.15) is 0 Å². The zero-order chi connectivity index (χ0) is 12.8. The number of benzene rings is 1. The molecule has 0 heterocycles. The van der Waals surface area contributed by atoms with Gasteiger partial charge in [0, 0.05) is 4.90 Å². The van der Waals surface area contributed by atoms with Crippen molar-refractivity contribution < 1.29 is 4.79 Å². The monoisotopic (exact) mass is 252 g/mol. The van der Waals surface area contributed by atoms with Crippen molar-refractivity contribution in [1.29, 1.82) is 0 Å². The summed E-state index contributed by atoms with van der Waals surface area (Å²) >= 11 is 1.70. The van der Waals surface area contributed by atoms with E-state index in [4.69, 9.17) is 5.73 Å². The second-order valence-corrected chi connectivity index (χ2v) is 4.90. The lowest BCUT2D eigenvalue weighted by atomic mass is 10.1. The number of thioether (sulfide) groups is 1. The Bertz CT molecular complexity index is 364. The summed E-state index contributed by atoms with van der Waals surface area (Å²) in [7, 11) is 0. The van der Waals surface area contributed by atoms with Crippen LogP contribution in [0.3, 0.4) is 0 Å². The lowest BCUT2D eigenvalue weighted by molar-refractivity contribution is -0.123. The maximum absolute atomic E-state index is 11.6. The molecule has 1 rings (SSSR count). The van der Waals surface area contributed by atoms with Crippen LogP contribution in [-0.2, 0) is 4.79 Å². The molecular weight excluding hydrogens is 232 g/mol. The number of amides is 1. The van der Waals surface area contributed by atoms with Gasteiger partial charge in [-0.25, -0.2) is 0 Å². The molecule has 1 amide bonds. The Balaban J connectivity index is 2.63. The number of carbonyl (C=O) groups is 1. The van der Waals surface area contributed by atoms with Crippen molar-refractivity contribution in [2.45, 2.75) is 37.2 Å². The first kappa shape index (κ1) is 14.1. The van der Waals surface area contributed by atoms with Gasteiger partial charge in [-0.15, -0.1) is 11.8 Å². The first-order valence-corrected chi connectivity index (χ1v) is 7.00. The molecule has 0 bridgehead atoms. The van der Waals surface area contributed by atoms with Crippen molar-refractivity contribution in [1.82, 2.24) is 5.32 Å². The Morgan fingerprint density at radius 1 is 1.41 bits per heavy atom. The molecular formula is C13H20N2OS. The van der Waals surface area contributed by atoms with E-state index in [0.717, 1.165) is 5.56 Å². The molecule has 4 heteroatoms. The zero-order valence-corrected chi connectivity index (χ0v) is 11.4. The highest BCUT2D eigenvalue weighted by atomic mass is 32.2. The Kier molecular flexibility index (Phi) is 5.51. The van der Waals surface area contributed by atoms with E-state index in [1.807, 2.05) is 32.2 Å². The van der Waals surface area contributed by atoms with Gasteiger partial charge in [-0.1, -0.05) is 19.1 Å². The molecule has 0 spiro atoms. The molecule has 94 valence electrons. The number of nitrogens with two attached hydrogens (primary N) is 1. The lowest BCUT2D eigenvalue weighted by Gasteiger charge is -2.17. The van der Waals surface area contributed by atoms with Gasteiger partial charge in [0.25, 0.3) is 0 Å². The summed E-state index contributed by atoms with van der Waals surface area (Å²) in [5, 5.41) is 2.91. The van der Waals surface area contributed by atoms with Crippen LogP contribution in [0.2, 0.25) is 0 Å². The molecule has 0 aliphatic rings. The summed E-state index contributed by atoms with van der Waals surface area (Å²) in [5.74, 6) is -0.0889. The van der Waals surface area contributed by atoms with E-state index in [0.29, 0.717) is 6.42 Å². The predicted molar refractivity (Wildman–Crippen MR) is 73.0 cm³/mol. The van der Waals surface area contributed by atoms with Crippen LogP contribution in [0.25, 0.3) is 0 Å². The summed E-state index contributed by atoms with van der Waals surface area (Å²) < 4.78 is 0. The van der Waals surface area contributed by atoms with Crippen LogP contribution in [0.15, 0.2) is 29.2 Å². The largest absolute Gasteiger partial charge is 0.348 e. The molecule has 3 N–H and O–H groups in total. The van der Waals surface area contributed by atoms with Crippen LogP contribution < -0.4 is 11.1 Å². The van der Waals surface area contributed by atoms with Gasteiger partial charge in [0.15, 0.2) is 0 Å². The highest BCUT2D eigenvalue weighted by molar-refractivity contribution is 7.98. The van der Waals surface area contributed by atoms with Gasteiger partial charge in [-0.3, -0.25) is 4.79 Å². The third kappa shape index (κ3) is 4.06. The Morgan fingerprint density at radius 2 is 2.00 bits per heavy atom. The second kappa shape index (κ2) is 6.67. The number of rotatable bonds is 5. The summed E-state index contributed by atoms with van der Waals surface area (Å²) in [4.78, 5) is 12.9. The number of hydrogen-bond donors (Lipinski definition) is 2. The molecule has 1 aromatic carbocycles. The molecule has 0 aliphatic carbocycles. The average molecular weight is 252 g/mol. The molecule has 3 nitrogen and oxygen atoms in total. The topological polar surface area (TPSA) is 55.1 Å². The van der Waals surface area contributed by atoms with Crippen LogP contribution in [0.5, 0.6) is 0 Å². The van der Waals surface area contributed by atoms with E-state index >= 15 is 0 Å². The van der Waals surface area contributed by atoms with Gasteiger partial charge in [-0.2, -0.15) is 0 Å². The fourth-order valence-electron chi connectivity index (χ4n) is 1.48. The number of nitrogens with one attached hydrogen (secondary N) is 1. The highest BCUT2D eigenvalue weighted by Gasteiger charge is 2.14. The normalized spacial score (nSPS) is 14.1. The van der Waals surface area contributed by atoms with Gasteiger partial charge in [-0.05, 0) is 37.3 Å². The second-order valence-electron chi connectivity index (χ2n) is 4.02. The fourth-order valence-corrected chi connectivity index (χ4v) is 1.89. The minimum Gasteiger partial charge on any atom is -0.348 e. The van der Waals surface area contributed by atoms with Crippen molar-refractivity contribution in [2.75, 3.05) is 6.26 Å². The SMILES string of the molecule is CC[C@H](N)C(=O)NC(C)c1ccc(SC)cc1. The smallest absolute Gasteiger partial charge is 0.237 e. The first-order chi connectivity index (χ1) is 8.08. The summed E-state index contributed by atoms with van der Waals surface area (Å²) in [6.45, 7) is 3.87. The van der Waals surface area contributed by atoms with Gasteiger partial charge in [0.2, 0.25) is 5.91 Å². The highest BCUT2D eigenvalue weighted by Crippen LogP contribution is 2.18. The van der Waals surface area contributed by atoms with Crippen molar-refractivity contribution in [3.63, 3.8) is 0 Å². The van der Waals surface area contributed by atoms with Crippen LogP contribution in [0, 0.1) is 0 Å². The summed E-state index contributed by atoms with van der Waals surface area (Å²) in [6.07, 6.45) is 2.70. The van der Waals surface area contributed by atoms with E-state index in [2.05, 4.69) is 17.4 Å². The Labute approximate surface area is 107 Å². The molecule has 0 fully saturated rings. The molecule has 0 aliphatic heterocycles. The molecule has 0 saturated heterocycles. The van der Waals surface area contributed by atoms with E-state index in [1.165, 1.54) is 4.90 Å². The van der Waals surface area contributed by atoms with Crippen LogP contribution >= 0.6 is 11.8 Å². The van der Waals surface area contributed by atoms with Crippen molar-refractivity contribution >= 4 is 17.7 Å². The van der Waals surface area contributed by atoms with Crippen LogP contribution in [0.4, 0.5) is 0 Å². The molecule has 17 heavy (non-hydrogen) atoms. The molecule has 0 radical (unpaired) electrons. The number of hydrogen-bond acceptors (Lipinski definition) is 3. The molecule has 2 atom stereocenters. The van der Waals surface area contributed by atoms with Crippen LogP contribution in [0.1, 0.15) is 31.9 Å². The average Bonchev–Trinajstić information content (AvgIpc) is 2.37. The zero-order valence-electron chi connectivity index (χ0n) is 10.6. The van der Waals surface area contributed by atoms with Crippen molar-refractivity contribution in [3.8, 4) is 0 Å². The molecule has 1 aromatic rings. The molecule has 0 saturated carbocycles. The number of carbonyl (C=O) groups excluding carboxylic acids is 1. The van der Waals surface area contributed by atoms with Crippen molar-refractivity contribution in [3.05, 3.63) is 29.8 Å². The lowest BCUT2D eigenvalue weighted by Crippen LogP contribution is -2.41. The van der Waals surface area contributed by atoms with E-state index in [9.17, 15) is 4.79 Å². The van der Waals surface area contributed by atoms with Gasteiger partial charge in [0.05, 0.1) is 12.1 Å². The molecule has 0 aromatic heterocycles. The maximum Gasteiger partial charge on any atom is 0.237 e. The third-order valence-electron chi connectivity index (χ3n) is 2.75. The fraction of sp³-hybridized carbons (Fsp3) is 0.462. The third-order valence-corrected chi connectivity index (χ3v) is 3.49. The van der Waals surface area contributed by atoms with Gasteiger partial charge < -0.3 is 11.1 Å². The Hall–Kier alpha value is -1.00. The van der Waals surface area contributed by atoms with Crippen LogP contribution in [-0.4, -0.2) is 18.2 Å².